The van der Waals surface area contributed by atoms with Gasteiger partial charge in [0.2, 0.25) is 0 Å². The Hall–Kier alpha value is -1.91. The Morgan fingerprint density at radius 3 is 2.75 bits per heavy atom. The number of rotatable bonds is 3. The standard InChI is InChI=1S/C11H11F2N3/c1-2-14-11-6-10(15-16-11)7-3-4-8(12)9(13)5-7/h3-6H,2H2,1H3,(H2,14,15,16). The topological polar surface area (TPSA) is 40.7 Å². The van der Waals surface area contributed by atoms with Gasteiger partial charge in [-0.1, -0.05) is 0 Å². The molecule has 0 saturated carbocycles. The lowest BCUT2D eigenvalue weighted by Gasteiger charge is -1.98. The minimum Gasteiger partial charge on any atom is -0.369 e. The van der Waals surface area contributed by atoms with E-state index in [1.54, 1.807) is 6.07 Å². The van der Waals surface area contributed by atoms with Crippen LogP contribution >= 0.6 is 0 Å². The molecule has 2 N–H and O–H groups in total. The molecule has 3 nitrogen and oxygen atoms in total. The summed E-state index contributed by atoms with van der Waals surface area (Å²) in [5.41, 5.74) is 1.21. The van der Waals surface area contributed by atoms with E-state index in [2.05, 4.69) is 15.5 Å². The van der Waals surface area contributed by atoms with Gasteiger partial charge in [0.1, 0.15) is 5.82 Å². The minimum atomic E-state index is -0.864. The number of aromatic nitrogens is 2. The van der Waals surface area contributed by atoms with Gasteiger partial charge in [-0.05, 0) is 25.1 Å². The van der Waals surface area contributed by atoms with Gasteiger partial charge in [-0.3, -0.25) is 5.10 Å². The smallest absolute Gasteiger partial charge is 0.159 e. The zero-order valence-electron chi connectivity index (χ0n) is 8.72. The van der Waals surface area contributed by atoms with Crippen LogP contribution in [0.25, 0.3) is 11.3 Å². The molecular formula is C11H11F2N3. The van der Waals surface area contributed by atoms with Crippen molar-refractivity contribution in [1.82, 2.24) is 10.2 Å². The Bertz CT molecular complexity index is 494. The maximum atomic E-state index is 13.0. The Morgan fingerprint density at radius 1 is 1.25 bits per heavy atom. The van der Waals surface area contributed by atoms with E-state index in [1.807, 2.05) is 6.92 Å². The van der Waals surface area contributed by atoms with Gasteiger partial charge in [0.25, 0.3) is 0 Å². The molecule has 0 unspecified atom stereocenters. The van der Waals surface area contributed by atoms with Gasteiger partial charge in [0, 0.05) is 18.2 Å². The van der Waals surface area contributed by atoms with Crippen LogP contribution < -0.4 is 5.32 Å². The second-order valence-corrected chi connectivity index (χ2v) is 3.33. The van der Waals surface area contributed by atoms with Crippen molar-refractivity contribution in [2.24, 2.45) is 0 Å². The van der Waals surface area contributed by atoms with Crippen LogP contribution in [0.5, 0.6) is 0 Å². The summed E-state index contributed by atoms with van der Waals surface area (Å²) in [5.74, 6) is -1.03. The summed E-state index contributed by atoms with van der Waals surface area (Å²) in [6.45, 7) is 2.70. The van der Waals surface area contributed by atoms with Crippen molar-refractivity contribution in [1.29, 1.82) is 0 Å². The van der Waals surface area contributed by atoms with E-state index in [-0.39, 0.29) is 0 Å². The summed E-state index contributed by atoms with van der Waals surface area (Å²) < 4.78 is 25.7. The molecule has 0 fully saturated rings. The molecule has 1 heterocycles. The first kappa shape index (κ1) is 10.6. The number of halogens is 2. The van der Waals surface area contributed by atoms with E-state index in [0.29, 0.717) is 17.1 Å². The van der Waals surface area contributed by atoms with Crippen molar-refractivity contribution in [3.63, 3.8) is 0 Å². The monoisotopic (exact) mass is 223 g/mol. The van der Waals surface area contributed by atoms with Crippen LogP contribution in [0, 0.1) is 11.6 Å². The molecule has 5 heteroatoms. The maximum absolute atomic E-state index is 13.0. The second-order valence-electron chi connectivity index (χ2n) is 3.33. The first-order chi connectivity index (χ1) is 7.70. The van der Waals surface area contributed by atoms with Crippen molar-refractivity contribution in [2.75, 3.05) is 11.9 Å². The van der Waals surface area contributed by atoms with Crippen LogP contribution in [0.3, 0.4) is 0 Å². The molecule has 0 aliphatic carbocycles. The van der Waals surface area contributed by atoms with Crippen LogP contribution in [-0.4, -0.2) is 16.7 Å². The molecule has 0 spiro atoms. The van der Waals surface area contributed by atoms with Crippen molar-refractivity contribution in [3.05, 3.63) is 35.9 Å². The van der Waals surface area contributed by atoms with Crippen LogP contribution in [-0.2, 0) is 0 Å². The van der Waals surface area contributed by atoms with E-state index in [0.717, 1.165) is 18.7 Å². The minimum absolute atomic E-state index is 0.565. The number of hydrogen-bond acceptors (Lipinski definition) is 2. The van der Waals surface area contributed by atoms with Gasteiger partial charge in [-0.15, -0.1) is 0 Å². The molecule has 0 aliphatic rings. The van der Waals surface area contributed by atoms with E-state index in [9.17, 15) is 8.78 Å². The van der Waals surface area contributed by atoms with Gasteiger partial charge in [-0.2, -0.15) is 5.10 Å². The Balaban J connectivity index is 2.31. The summed E-state index contributed by atoms with van der Waals surface area (Å²) in [7, 11) is 0. The number of nitrogens with one attached hydrogen (secondary N) is 2. The molecule has 1 aromatic heterocycles. The molecule has 0 saturated heterocycles. The predicted molar refractivity (Wildman–Crippen MR) is 58.1 cm³/mol. The number of anilines is 1. The van der Waals surface area contributed by atoms with Crippen LogP contribution in [0.4, 0.5) is 14.6 Å². The number of hydrogen-bond donors (Lipinski definition) is 2. The summed E-state index contributed by atoms with van der Waals surface area (Å²) in [4.78, 5) is 0. The average molecular weight is 223 g/mol. The van der Waals surface area contributed by atoms with Crippen molar-refractivity contribution in [2.45, 2.75) is 6.92 Å². The Morgan fingerprint density at radius 2 is 2.06 bits per heavy atom. The van der Waals surface area contributed by atoms with Gasteiger partial charge in [-0.25, -0.2) is 8.78 Å². The van der Waals surface area contributed by atoms with Crippen LogP contribution in [0.15, 0.2) is 24.3 Å². The van der Waals surface area contributed by atoms with Crippen LogP contribution in [0.2, 0.25) is 0 Å². The first-order valence-corrected chi connectivity index (χ1v) is 4.95. The number of H-pyrrole nitrogens is 1. The molecule has 16 heavy (non-hydrogen) atoms. The lowest BCUT2D eigenvalue weighted by atomic mass is 10.1. The Kier molecular flexibility index (Phi) is 2.85. The molecule has 84 valence electrons. The quantitative estimate of drug-likeness (QED) is 0.840. The molecule has 2 rings (SSSR count). The lowest BCUT2D eigenvalue weighted by molar-refractivity contribution is 0.509. The fraction of sp³-hybridized carbons (Fsp3) is 0.182. The summed E-state index contributed by atoms with van der Waals surface area (Å²) in [6.07, 6.45) is 0. The zero-order chi connectivity index (χ0) is 11.5. The van der Waals surface area contributed by atoms with E-state index in [1.165, 1.54) is 6.07 Å². The normalized spacial score (nSPS) is 10.4. The molecule has 0 bridgehead atoms. The summed E-state index contributed by atoms with van der Waals surface area (Å²) in [5, 5.41) is 9.75. The van der Waals surface area contributed by atoms with Crippen molar-refractivity contribution in [3.8, 4) is 11.3 Å². The van der Waals surface area contributed by atoms with Gasteiger partial charge in [0.05, 0.1) is 5.69 Å². The number of benzene rings is 1. The molecule has 1 aromatic carbocycles. The van der Waals surface area contributed by atoms with E-state index >= 15 is 0 Å². The third-order valence-electron chi connectivity index (χ3n) is 2.17. The Labute approximate surface area is 91.5 Å². The summed E-state index contributed by atoms with van der Waals surface area (Å²) >= 11 is 0. The molecule has 0 atom stereocenters. The van der Waals surface area contributed by atoms with Gasteiger partial charge in [0.15, 0.2) is 11.6 Å². The fourth-order valence-electron chi connectivity index (χ4n) is 1.40. The van der Waals surface area contributed by atoms with Crippen LogP contribution in [0.1, 0.15) is 6.92 Å². The highest BCUT2D eigenvalue weighted by molar-refractivity contribution is 5.62. The predicted octanol–water partition coefficient (Wildman–Crippen LogP) is 2.79. The first-order valence-electron chi connectivity index (χ1n) is 4.95. The van der Waals surface area contributed by atoms with E-state index in [4.69, 9.17) is 0 Å². The lowest BCUT2D eigenvalue weighted by Crippen LogP contribution is -1.95. The van der Waals surface area contributed by atoms with Crippen molar-refractivity contribution >= 4 is 5.82 Å². The molecule has 0 aliphatic heterocycles. The molecule has 2 aromatic rings. The SMILES string of the molecule is CCNc1cc(-c2ccc(F)c(F)c2)[nH]n1. The fourth-order valence-corrected chi connectivity index (χ4v) is 1.40. The average Bonchev–Trinajstić information content (AvgIpc) is 2.71. The van der Waals surface area contributed by atoms with Gasteiger partial charge >= 0.3 is 0 Å². The molecular weight excluding hydrogens is 212 g/mol. The van der Waals surface area contributed by atoms with E-state index < -0.39 is 11.6 Å². The second kappa shape index (κ2) is 4.30. The highest BCUT2D eigenvalue weighted by Gasteiger charge is 2.06. The summed E-state index contributed by atoms with van der Waals surface area (Å²) in [6, 6.07) is 5.48. The van der Waals surface area contributed by atoms with Gasteiger partial charge < -0.3 is 5.32 Å². The third-order valence-corrected chi connectivity index (χ3v) is 2.17. The third kappa shape index (κ3) is 2.03. The molecule has 0 radical (unpaired) electrons. The zero-order valence-corrected chi connectivity index (χ0v) is 8.72. The van der Waals surface area contributed by atoms with Crippen molar-refractivity contribution < 1.29 is 8.78 Å². The number of nitrogens with zero attached hydrogens (tertiary/aromatic N) is 1. The molecule has 0 amide bonds. The number of aromatic amines is 1. The highest BCUT2D eigenvalue weighted by Crippen LogP contribution is 2.21. The highest BCUT2D eigenvalue weighted by atomic mass is 19.2. The maximum Gasteiger partial charge on any atom is 0.159 e. The largest absolute Gasteiger partial charge is 0.369 e.